The highest BCUT2D eigenvalue weighted by molar-refractivity contribution is 5.05. The van der Waals surface area contributed by atoms with Gasteiger partial charge >= 0.3 is 0 Å². The zero-order valence-corrected chi connectivity index (χ0v) is 13.5. The fraction of sp³-hybridized carbons (Fsp3) is 0.812. The number of nitrogens with zero attached hydrogens (tertiary/aromatic N) is 3. The first-order valence-electron chi connectivity index (χ1n) is 7.84. The Labute approximate surface area is 123 Å². The lowest BCUT2D eigenvalue weighted by atomic mass is 9.80. The Bertz CT molecular complexity index is 416. The fourth-order valence-electron chi connectivity index (χ4n) is 3.13. The van der Waals surface area contributed by atoms with Crippen LogP contribution in [0.1, 0.15) is 51.8 Å². The van der Waals surface area contributed by atoms with Crippen LogP contribution in [0.25, 0.3) is 0 Å². The third-order valence-corrected chi connectivity index (χ3v) is 4.60. The Kier molecular flexibility index (Phi) is 4.86. The minimum atomic E-state index is 0.104. The molecule has 114 valence electrons. The third-order valence-electron chi connectivity index (χ3n) is 4.60. The molecule has 1 aliphatic rings. The average Bonchev–Trinajstić information content (AvgIpc) is 2.80. The highest BCUT2D eigenvalue weighted by Crippen LogP contribution is 2.33. The highest BCUT2D eigenvalue weighted by atomic mass is 15.1. The molecule has 1 unspecified atom stereocenters. The van der Waals surface area contributed by atoms with Gasteiger partial charge in [0, 0.05) is 18.8 Å². The summed E-state index contributed by atoms with van der Waals surface area (Å²) in [6, 6.07) is 0.104. The van der Waals surface area contributed by atoms with Crippen molar-refractivity contribution in [2.45, 2.75) is 52.6 Å². The number of aromatic nitrogens is 2. The van der Waals surface area contributed by atoms with E-state index >= 15 is 0 Å². The minimum Gasteiger partial charge on any atom is -0.333 e. The molecule has 2 N–H and O–H groups in total. The van der Waals surface area contributed by atoms with E-state index in [0.717, 1.165) is 13.0 Å². The van der Waals surface area contributed by atoms with Gasteiger partial charge in [-0.05, 0) is 50.7 Å². The summed E-state index contributed by atoms with van der Waals surface area (Å²) in [4.78, 5) is 6.75. The van der Waals surface area contributed by atoms with Crippen LogP contribution >= 0.6 is 0 Å². The molecule has 0 spiro atoms. The molecule has 1 aromatic heterocycles. The van der Waals surface area contributed by atoms with Gasteiger partial charge < -0.3 is 15.2 Å². The van der Waals surface area contributed by atoms with Gasteiger partial charge in [-0.3, -0.25) is 0 Å². The minimum absolute atomic E-state index is 0.104. The number of hydrogen-bond donors (Lipinski definition) is 1. The molecular weight excluding hydrogens is 248 g/mol. The number of piperidine rings is 1. The smallest absolute Gasteiger partial charge is 0.0948 e. The second kappa shape index (κ2) is 6.27. The van der Waals surface area contributed by atoms with E-state index in [1.165, 1.54) is 31.6 Å². The van der Waals surface area contributed by atoms with Crippen LogP contribution in [-0.4, -0.2) is 34.6 Å². The van der Waals surface area contributed by atoms with Gasteiger partial charge in [0.1, 0.15) is 0 Å². The summed E-state index contributed by atoms with van der Waals surface area (Å²) in [7, 11) is 2.21. The van der Waals surface area contributed by atoms with E-state index in [4.69, 9.17) is 5.73 Å². The van der Waals surface area contributed by atoms with Gasteiger partial charge in [-0.15, -0.1) is 0 Å². The average molecular weight is 278 g/mol. The van der Waals surface area contributed by atoms with Crippen LogP contribution in [0.3, 0.4) is 0 Å². The Balaban J connectivity index is 2.05. The maximum Gasteiger partial charge on any atom is 0.0948 e. The monoisotopic (exact) mass is 278 g/mol. The van der Waals surface area contributed by atoms with E-state index in [9.17, 15) is 0 Å². The molecule has 0 aliphatic carbocycles. The molecule has 1 aromatic rings. The molecule has 1 saturated heterocycles. The molecule has 0 amide bonds. The van der Waals surface area contributed by atoms with Crippen molar-refractivity contribution in [2.24, 2.45) is 17.1 Å². The van der Waals surface area contributed by atoms with E-state index < -0.39 is 0 Å². The van der Waals surface area contributed by atoms with Crippen LogP contribution in [0, 0.1) is 11.3 Å². The van der Waals surface area contributed by atoms with E-state index in [1.54, 1.807) is 0 Å². The molecule has 4 nitrogen and oxygen atoms in total. The van der Waals surface area contributed by atoms with E-state index in [0.29, 0.717) is 11.3 Å². The van der Waals surface area contributed by atoms with Crippen LogP contribution in [-0.2, 0) is 6.54 Å². The zero-order valence-electron chi connectivity index (χ0n) is 13.5. The second-order valence-electron chi connectivity index (χ2n) is 7.30. The Hall–Kier alpha value is -0.870. The van der Waals surface area contributed by atoms with Crippen LogP contribution < -0.4 is 5.73 Å². The molecule has 0 saturated carbocycles. The van der Waals surface area contributed by atoms with Gasteiger partial charge in [-0.1, -0.05) is 20.8 Å². The maximum absolute atomic E-state index is 6.34. The van der Waals surface area contributed by atoms with Crippen molar-refractivity contribution >= 4 is 0 Å². The molecule has 1 aliphatic heterocycles. The second-order valence-corrected chi connectivity index (χ2v) is 7.30. The molecule has 0 aromatic carbocycles. The molecule has 0 radical (unpaired) electrons. The molecule has 1 atom stereocenters. The van der Waals surface area contributed by atoms with Gasteiger partial charge in [-0.25, -0.2) is 4.98 Å². The first-order chi connectivity index (χ1) is 9.39. The topological polar surface area (TPSA) is 47.1 Å². The van der Waals surface area contributed by atoms with E-state index in [1.807, 2.05) is 12.5 Å². The first-order valence-corrected chi connectivity index (χ1v) is 7.84. The van der Waals surface area contributed by atoms with Gasteiger partial charge in [0.15, 0.2) is 0 Å². The predicted octanol–water partition coefficient (Wildman–Crippen LogP) is 2.66. The van der Waals surface area contributed by atoms with Gasteiger partial charge in [-0.2, -0.15) is 0 Å². The van der Waals surface area contributed by atoms with E-state index in [2.05, 4.69) is 42.3 Å². The lowest BCUT2D eigenvalue weighted by Crippen LogP contribution is -2.39. The summed E-state index contributed by atoms with van der Waals surface area (Å²) in [5, 5.41) is 0. The maximum atomic E-state index is 6.34. The van der Waals surface area contributed by atoms with Crippen LogP contribution in [0.2, 0.25) is 0 Å². The van der Waals surface area contributed by atoms with Crippen LogP contribution in [0.4, 0.5) is 0 Å². The van der Waals surface area contributed by atoms with Crippen molar-refractivity contribution in [1.82, 2.24) is 14.5 Å². The number of hydrogen-bond acceptors (Lipinski definition) is 3. The summed E-state index contributed by atoms with van der Waals surface area (Å²) in [5.41, 5.74) is 7.91. The number of imidazole rings is 1. The number of rotatable bonds is 5. The molecule has 4 heteroatoms. The van der Waals surface area contributed by atoms with Crippen molar-refractivity contribution in [3.05, 3.63) is 18.2 Å². The zero-order chi connectivity index (χ0) is 14.8. The molecule has 2 heterocycles. The standard InChI is InChI=1S/C16H30N4/c1-13(2)9-14(17)15-10-18-12-20(15)11-16(3)5-7-19(4)8-6-16/h10,12-14H,5-9,11,17H2,1-4H3. The van der Waals surface area contributed by atoms with Gasteiger partial charge in [0.05, 0.1) is 12.0 Å². The number of nitrogens with two attached hydrogens (primary N) is 1. The van der Waals surface area contributed by atoms with Crippen molar-refractivity contribution in [2.75, 3.05) is 20.1 Å². The van der Waals surface area contributed by atoms with Crippen LogP contribution in [0.5, 0.6) is 0 Å². The Morgan fingerprint density at radius 1 is 1.35 bits per heavy atom. The lowest BCUT2D eigenvalue weighted by Gasteiger charge is -2.38. The van der Waals surface area contributed by atoms with Crippen molar-refractivity contribution in [3.63, 3.8) is 0 Å². The molecular formula is C16H30N4. The van der Waals surface area contributed by atoms with Crippen molar-refractivity contribution in [3.8, 4) is 0 Å². The first kappa shape index (κ1) is 15.5. The molecule has 2 rings (SSSR count). The summed E-state index contributed by atoms with van der Waals surface area (Å²) in [5.74, 6) is 0.618. The normalized spacial score (nSPS) is 21.3. The Morgan fingerprint density at radius 2 is 2.00 bits per heavy atom. The predicted molar refractivity (Wildman–Crippen MR) is 83.4 cm³/mol. The quantitative estimate of drug-likeness (QED) is 0.900. The number of likely N-dealkylation sites (tertiary alicyclic amines) is 1. The SMILES string of the molecule is CC(C)CC(N)c1cncn1CC1(C)CCN(C)CC1. The Morgan fingerprint density at radius 3 is 2.60 bits per heavy atom. The fourth-order valence-corrected chi connectivity index (χ4v) is 3.13. The molecule has 20 heavy (non-hydrogen) atoms. The van der Waals surface area contributed by atoms with Gasteiger partial charge in [0.25, 0.3) is 0 Å². The largest absolute Gasteiger partial charge is 0.333 e. The van der Waals surface area contributed by atoms with Crippen molar-refractivity contribution < 1.29 is 0 Å². The lowest BCUT2D eigenvalue weighted by molar-refractivity contribution is 0.119. The summed E-state index contributed by atoms with van der Waals surface area (Å²) >= 11 is 0. The van der Waals surface area contributed by atoms with E-state index in [-0.39, 0.29) is 6.04 Å². The molecule has 1 fully saturated rings. The third kappa shape index (κ3) is 3.83. The highest BCUT2D eigenvalue weighted by Gasteiger charge is 2.30. The van der Waals surface area contributed by atoms with Gasteiger partial charge in [0.2, 0.25) is 0 Å². The van der Waals surface area contributed by atoms with Crippen molar-refractivity contribution in [1.29, 1.82) is 0 Å². The van der Waals surface area contributed by atoms with Crippen LogP contribution in [0.15, 0.2) is 12.5 Å². The summed E-state index contributed by atoms with van der Waals surface area (Å²) in [6.45, 7) is 10.3. The summed E-state index contributed by atoms with van der Waals surface area (Å²) in [6.07, 6.45) is 7.43. The molecule has 0 bridgehead atoms. The summed E-state index contributed by atoms with van der Waals surface area (Å²) < 4.78 is 2.29.